The number of aromatic nitrogens is 2. The lowest BCUT2D eigenvalue weighted by atomic mass is 10.3. The minimum atomic E-state index is -0.282. The summed E-state index contributed by atoms with van der Waals surface area (Å²) in [5, 5.41) is 0. The number of thioether (sulfide) groups is 1. The first-order valence-corrected chi connectivity index (χ1v) is 8.26. The summed E-state index contributed by atoms with van der Waals surface area (Å²) in [7, 11) is 3.18. The maximum atomic E-state index is 11.8. The summed E-state index contributed by atoms with van der Waals surface area (Å²) >= 11 is 1.69. The van der Waals surface area contributed by atoms with E-state index in [1.807, 2.05) is 30.3 Å². The van der Waals surface area contributed by atoms with Crippen molar-refractivity contribution in [1.29, 1.82) is 0 Å². The van der Waals surface area contributed by atoms with Crippen molar-refractivity contribution >= 4 is 11.8 Å². The minimum Gasteiger partial charge on any atom is -0.494 e. The monoisotopic (exact) mass is 320 g/mol. The number of ether oxygens (including phenoxy) is 1. The van der Waals surface area contributed by atoms with Crippen LogP contribution in [0, 0.1) is 0 Å². The number of hydrogen-bond donors (Lipinski definition) is 0. The average molecular weight is 320 g/mol. The molecule has 0 atom stereocenters. The van der Waals surface area contributed by atoms with Gasteiger partial charge in [-0.1, -0.05) is 18.2 Å². The van der Waals surface area contributed by atoms with Crippen LogP contribution < -0.4 is 16.0 Å². The Balaban J connectivity index is 1.76. The second kappa shape index (κ2) is 7.89. The van der Waals surface area contributed by atoms with Crippen LogP contribution in [0.15, 0.2) is 46.0 Å². The summed E-state index contributed by atoms with van der Waals surface area (Å²) in [6, 6.07) is 11.2. The van der Waals surface area contributed by atoms with E-state index in [-0.39, 0.29) is 11.2 Å². The third kappa shape index (κ3) is 4.27. The molecule has 0 fully saturated rings. The van der Waals surface area contributed by atoms with Gasteiger partial charge in [0.25, 0.3) is 5.56 Å². The maximum Gasteiger partial charge on any atom is 0.330 e. The Morgan fingerprint density at radius 2 is 1.82 bits per heavy atom. The van der Waals surface area contributed by atoms with Gasteiger partial charge in [0.2, 0.25) is 0 Å². The van der Waals surface area contributed by atoms with Gasteiger partial charge in [-0.15, -0.1) is 0 Å². The number of para-hydroxylation sites is 1. The third-order valence-corrected chi connectivity index (χ3v) is 4.40. The zero-order valence-electron chi connectivity index (χ0n) is 12.8. The molecular formula is C16H20N2O3S. The van der Waals surface area contributed by atoms with Crippen molar-refractivity contribution in [2.24, 2.45) is 14.1 Å². The summed E-state index contributed by atoms with van der Waals surface area (Å²) in [6.45, 7) is 0.659. The van der Waals surface area contributed by atoms with E-state index in [2.05, 4.69) is 0 Å². The molecule has 2 aromatic rings. The summed E-state index contributed by atoms with van der Waals surface area (Å²) in [4.78, 5) is 23.4. The van der Waals surface area contributed by atoms with Crippen molar-refractivity contribution in [3.8, 4) is 5.75 Å². The Kier molecular flexibility index (Phi) is 5.89. The van der Waals surface area contributed by atoms with Gasteiger partial charge in [-0.3, -0.25) is 13.9 Å². The minimum absolute atomic E-state index is 0.258. The molecule has 0 aliphatic carbocycles. The van der Waals surface area contributed by atoms with Crippen molar-refractivity contribution in [2.45, 2.75) is 12.2 Å². The van der Waals surface area contributed by atoms with E-state index in [1.165, 1.54) is 17.7 Å². The first-order valence-electron chi connectivity index (χ1n) is 7.11. The standard InChI is InChI=1S/C16H20N2O3S/c1-17-13(11-15(19)18(2)16(17)20)12-22-10-6-9-21-14-7-4-3-5-8-14/h3-5,7-8,11H,6,9-10,12H2,1-2H3. The quantitative estimate of drug-likeness (QED) is 0.730. The summed E-state index contributed by atoms with van der Waals surface area (Å²) < 4.78 is 8.25. The lowest BCUT2D eigenvalue weighted by Gasteiger charge is -2.09. The van der Waals surface area contributed by atoms with E-state index in [0.29, 0.717) is 12.4 Å². The van der Waals surface area contributed by atoms with Gasteiger partial charge in [0.15, 0.2) is 0 Å². The van der Waals surface area contributed by atoms with E-state index in [1.54, 1.807) is 18.8 Å². The maximum absolute atomic E-state index is 11.8. The van der Waals surface area contributed by atoms with Crippen LogP contribution in [0.25, 0.3) is 0 Å². The lowest BCUT2D eigenvalue weighted by Crippen LogP contribution is -2.37. The van der Waals surface area contributed by atoms with Crippen molar-refractivity contribution in [1.82, 2.24) is 9.13 Å². The van der Waals surface area contributed by atoms with Crippen molar-refractivity contribution < 1.29 is 4.74 Å². The van der Waals surface area contributed by atoms with Crippen molar-refractivity contribution in [3.63, 3.8) is 0 Å². The number of rotatable bonds is 7. The van der Waals surface area contributed by atoms with Crippen LogP contribution in [-0.2, 0) is 19.8 Å². The van der Waals surface area contributed by atoms with Gasteiger partial charge in [-0.25, -0.2) is 4.79 Å². The lowest BCUT2D eigenvalue weighted by molar-refractivity contribution is 0.318. The second-order valence-corrected chi connectivity index (χ2v) is 6.05. The van der Waals surface area contributed by atoms with E-state index >= 15 is 0 Å². The molecule has 1 aromatic carbocycles. The average Bonchev–Trinajstić information content (AvgIpc) is 2.54. The Morgan fingerprint density at radius 1 is 1.09 bits per heavy atom. The third-order valence-electron chi connectivity index (χ3n) is 3.32. The highest BCUT2D eigenvalue weighted by Gasteiger charge is 2.05. The van der Waals surface area contributed by atoms with Gasteiger partial charge in [-0.2, -0.15) is 11.8 Å². The normalized spacial score (nSPS) is 10.6. The van der Waals surface area contributed by atoms with Crippen LogP contribution in [0.5, 0.6) is 5.75 Å². The highest BCUT2D eigenvalue weighted by molar-refractivity contribution is 7.98. The molecule has 0 N–H and O–H groups in total. The zero-order valence-corrected chi connectivity index (χ0v) is 13.6. The molecule has 0 unspecified atom stereocenters. The van der Waals surface area contributed by atoms with Crippen LogP contribution in [-0.4, -0.2) is 21.5 Å². The molecule has 0 spiro atoms. The summed E-state index contributed by atoms with van der Waals surface area (Å²) in [6.07, 6.45) is 0.915. The molecule has 22 heavy (non-hydrogen) atoms. The molecule has 0 radical (unpaired) electrons. The smallest absolute Gasteiger partial charge is 0.330 e. The van der Waals surface area contributed by atoms with E-state index in [4.69, 9.17) is 4.74 Å². The topological polar surface area (TPSA) is 53.2 Å². The van der Waals surface area contributed by atoms with Gasteiger partial charge in [-0.05, 0) is 24.3 Å². The van der Waals surface area contributed by atoms with Gasteiger partial charge in [0.05, 0.1) is 6.61 Å². The number of hydrogen-bond acceptors (Lipinski definition) is 4. The predicted molar refractivity (Wildman–Crippen MR) is 89.6 cm³/mol. The van der Waals surface area contributed by atoms with Crippen molar-refractivity contribution in [2.75, 3.05) is 12.4 Å². The molecule has 2 rings (SSSR count). The fraction of sp³-hybridized carbons (Fsp3) is 0.375. The van der Waals surface area contributed by atoms with Gasteiger partial charge >= 0.3 is 5.69 Å². The molecule has 0 aliphatic rings. The van der Waals surface area contributed by atoms with E-state index in [9.17, 15) is 9.59 Å². The largest absolute Gasteiger partial charge is 0.494 e. The summed E-state index contributed by atoms with van der Waals surface area (Å²) in [5.41, 5.74) is 0.212. The first-order chi connectivity index (χ1) is 10.6. The Bertz CT molecular complexity index is 722. The highest BCUT2D eigenvalue weighted by atomic mass is 32.2. The molecule has 0 bridgehead atoms. The molecule has 118 valence electrons. The Morgan fingerprint density at radius 3 is 2.55 bits per heavy atom. The van der Waals surface area contributed by atoms with E-state index in [0.717, 1.165) is 28.2 Å². The molecular weight excluding hydrogens is 300 g/mol. The second-order valence-electron chi connectivity index (χ2n) is 4.94. The van der Waals surface area contributed by atoms with Crippen LogP contribution in [0.4, 0.5) is 0 Å². The molecule has 0 saturated carbocycles. The number of nitrogens with zero attached hydrogens (tertiary/aromatic N) is 2. The fourth-order valence-corrected chi connectivity index (χ4v) is 2.91. The molecule has 0 aliphatic heterocycles. The molecule has 1 heterocycles. The van der Waals surface area contributed by atoms with Crippen LogP contribution in [0.2, 0.25) is 0 Å². The SMILES string of the molecule is Cn1c(CSCCCOc2ccccc2)cc(=O)n(C)c1=O. The highest BCUT2D eigenvalue weighted by Crippen LogP contribution is 2.12. The molecule has 0 amide bonds. The van der Waals surface area contributed by atoms with E-state index < -0.39 is 0 Å². The summed E-state index contributed by atoms with van der Waals surface area (Å²) in [5.74, 6) is 2.44. The zero-order chi connectivity index (χ0) is 15.9. The molecule has 1 aromatic heterocycles. The van der Waals surface area contributed by atoms with Crippen LogP contribution in [0.1, 0.15) is 12.1 Å². The molecule has 5 nitrogen and oxygen atoms in total. The van der Waals surface area contributed by atoms with Gasteiger partial charge in [0, 0.05) is 31.6 Å². The number of benzene rings is 1. The van der Waals surface area contributed by atoms with Crippen molar-refractivity contribution in [3.05, 3.63) is 62.9 Å². The molecule has 6 heteroatoms. The molecule has 0 saturated heterocycles. The van der Waals surface area contributed by atoms with Crippen LogP contribution in [0.3, 0.4) is 0 Å². The van der Waals surface area contributed by atoms with Crippen LogP contribution >= 0.6 is 11.8 Å². The Labute approximate surface area is 133 Å². The van der Waals surface area contributed by atoms with Gasteiger partial charge in [0.1, 0.15) is 5.75 Å². The predicted octanol–water partition coefficient (Wildman–Crippen LogP) is 1.79. The Hall–Kier alpha value is -1.95. The first kappa shape index (κ1) is 16.4. The fourth-order valence-electron chi connectivity index (χ4n) is 1.96. The van der Waals surface area contributed by atoms with Gasteiger partial charge < -0.3 is 4.74 Å².